The molecule has 3 fully saturated rings. The fourth-order valence-corrected chi connectivity index (χ4v) is 4.18. The Labute approximate surface area is 153 Å². The van der Waals surface area contributed by atoms with Gasteiger partial charge in [0, 0.05) is 37.4 Å². The summed E-state index contributed by atoms with van der Waals surface area (Å²) in [6, 6.07) is 7.55. The molecule has 2 saturated heterocycles. The van der Waals surface area contributed by atoms with Crippen LogP contribution in [0.25, 0.3) is 0 Å². The molecular weight excluding hydrogens is 338 g/mol. The Morgan fingerprint density at radius 2 is 1.73 bits per heavy atom. The van der Waals surface area contributed by atoms with Crippen LogP contribution in [0.4, 0.5) is 8.78 Å². The fraction of sp³-hybridized carbons (Fsp3) is 0.650. The smallest absolute Gasteiger partial charge is 0.267 e. The van der Waals surface area contributed by atoms with Gasteiger partial charge in [0.1, 0.15) is 11.9 Å². The van der Waals surface area contributed by atoms with E-state index in [0.717, 1.165) is 18.6 Å². The van der Waals surface area contributed by atoms with E-state index in [2.05, 4.69) is 4.90 Å². The Hall–Kier alpha value is -1.69. The molecule has 0 bridgehead atoms. The number of carbonyl (C=O) groups excluding carboxylic acids is 1. The molecule has 0 aromatic heterocycles. The van der Waals surface area contributed by atoms with Crippen molar-refractivity contribution in [3.8, 4) is 5.75 Å². The highest BCUT2D eigenvalue weighted by molar-refractivity contribution is 5.94. The first-order valence-electron chi connectivity index (χ1n) is 9.68. The maximum absolute atomic E-state index is 13.3. The first-order chi connectivity index (χ1) is 12.5. The molecule has 142 valence electrons. The van der Waals surface area contributed by atoms with E-state index in [4.69, 9.17) is 4.74 Å². The van der Waals surface area contributed by atoms with Gasteiger partial charge in [-0.1, -0.05) is 6.42 Å². The Balaban J connectivity index is 1.27. The summed E-state index contributed by atoms with van der Waals surface area (Å²) in [7, 11) is 0. The summed E-state index contributed by atoms with van der Waals surface area (Å²) in [5.74, 6) is -2.34. The number of ether oxygens (including phenoxy) is 1. The van der Waals surface area contributed by atoms with Crippen LogP contribution in [0.15, 0.2) is 24.3 Å². The maximum Gasteiger partial charge on any atom is 0.267 e. The number of likely N-dealkylation sites (tertiary alicyclic amines) is 2. The molecule has 1 aromatic carbocycles. The van der Waals surface area contributed by atoms with E-state index in [1.165, 1.54) is 37.3 Å². The number of halogens is 2. The molecule has 26 heavy (non-hydrogen) atoms. The third-order valence-electron chi connectivity index (χ3n) is 5.84. The van der Waals surface area contributed by atoms with Crippen LogP contribution in [0.5, 0.6) is 5.75 Å². The van der Waals surface area contributed by atoms with Crippen molar-refractivity contribution in [3.63, 3.8) is 0 Å². The van der Waals surface area contributed by atoms with Crippen LogP contribution in [0, 0.1) is 0 Å². The molecule has 1 amide bonds. The standard InChI is InChI=1S/C20H26F2N2O2/c21-20(22)8-11-24(14-20)19(25)15-4-6-17(7-5-15)26-18-12-16(13-18)23-9-2-1-3-10-23/h4-7,16,18H,1-3,8-14H2/t16-,18-. The third kappa shape index (κ3) is 3.85. The van der Waals surface area contributed by atoms with Crippen LogP contribution >= 0.6 is 0 Å². The number of carbonyl (C=O) groups is 1. The molecule has 0 radical (unpaired) electrons. The molecule has 1 aromatic rings. The van der Waals surface area contributed by atoms with Crippen LogP contribution in [0.3, 0.4) is 0 Å². The van der Waals surface area contributed by atoms with Gasteiger partial charge in [-0.15, -0.1) is 0 Å². The van der Waals surface area contributed by atoms with E-state index in [1.807, 2.05) is 0 Å². The van der Waals surface area contributed by atoms with E-state index >= 15 is 0 Å². The summed E-state index contributed by atoms with van der Waals surface area (Å²) in [6.45, 7) is 2.06. The summed E-state index contributed by atoms with van der Waals surface area (Å²) in [5.41, 5.74) is 0.440. The molecule has 0 N–H and O–H groups in total. The Kier molecular flexibility index (Phi) is 4.86. The Bertz CT molecular complexity index is 638. The number of rotatable bonds is 4. The first-order valence-corrected chi connectivity index (χ1v) is 9.68. The summed E-state index contributed by atoms with van der Waals surface area (Å²) < 4.78 is 32.5. The summed E-state index contributed by atoms with van der Waals surface area (Å²) >= 11 is 0. The molecule has 4 nitrogen and oxygen atoms in total. The quantitative estimate of drug-likeness (QED) is 0.819. The van der Waals surface area contributed by atoms with E-state index < -0.39 is 12.5 Å². The predicted molar refractivity (Wildman–Crippen MR) is 94.8 cm³/mol. The van der Waals surface area contributed by atoms with Crippen LogP contribution in [0.1, 0.15) is 48.9 Å². The number of piperidine rings is 1. The largest absolute Gasteiger partial charge is 0.490 e. The van der Waals surface area contributed by atoms with Crippen molar-refractivity contribution in [2.45, 2.75) is 56.6 Å². The molecule has 6 heteroatoms. The van der Waals surface area contributed by atoms with Gasteiger partial charge < -0.3 is 14.5 Å². The van der Waals surface area contributed by atoms with Crippen molar-refractivity contribution in [1.82, 2.24) is 9.80 Å². The number of hydrogen-bond acceptors (Lipinski definition) is 3. The zero-order valence-electron chi connectivity index (χ0n) is 15.0. The van der Waals surface area contributed by atoms with E-state index in [9.17, 15) is 13.6 Å². The molecule has 3 aliphatic rings. The monoisotopic (exact) mass is 364 g/mol. The molecule has 2 heterocycles. The molecule has 2 aliphatic heterocycles. The lowest BCUT2D eigenvalue weighted by Crippen LogP contribution is -2.50. The van der Waals surface area contributed by atoms with Gasteiger partial charge in [-0.05, 0) is 50.2 Å². The van der Waals surface area contributed by atoms with Crippen molar-refractivity contribution in [2.75, 3.05) is 26.2 Å². The Morgan fingerprint density at radius 3 is 2.35 bits per heavy atom. The molecule has 4 rings (SSSR count). The van der Waals surface area contributed by atoms with Gasteiger partial charge >= 0.3 is 0 Å². The predicted octanol–water partition coefficient (Wildman–Crippen LogP) is 3.56. The van der Waals surface area contributed by atoms with Crippen molar-refractivity contribution >= 4 is 5.91 Å². The van der Waals surface area contributed by atoms with Crippen molar-refractivity contribution in [1.29, 1.82) is 0 Å². The highest BCUT2D eigenvalue weighted by Gasteiger charge is 2.40. The van der Waals surface area contributed by atoms with Crippen molar-refractivity contribution < 1.29 is 18.3 Å². The van der Waals surface area contributed by atoms with Gasteiger partial charge in [-0.3, -0.25) is 4.79 Å². The van der Waals surface area contributed by atoms with Gasteiger partial charge in [0.2, 0.25) is 0 Å². The second-order valence-electron chi connectivity index (χ2n) is 7.82. The molecule has 1 saturated carbocycles. The summed E-state index contributed by atoms with van der Waals surface area (Å²) in [6.07, 6.45) is 6.07. The topological polar surface area (TPSA) is 32.8 Å². The second-order valence-corrected chi connectivity index (χ2v) is 7.82. The minimum Gasteiger partial charge on any atom is -0.490 e. The van der Waals surface area contributed by atoms with Crippen LogP contribution in [-0.2, 0) is 0 Å². The van der Waals surface area contributed by atoms with E-state index in [-0.39, 0.29) is 25.0 Å². The summed E-state index contributed by atoms with van der Waals surface area (Å²) in [4.78, 5) is 16.1. The third-order valence-corrected chi connectivity index (χ3v) is 5.84. The van der Waals surface area contributed by atoms with Gasteiger partial charge in [-0.2, -0.15) is 0 Å². The van der Waals surface area contributed by atoms with Crippen LogP contribution in [0.2, 0.25) is 0 Å². The number of nitrogens with zero attached hydrogens (tertiary/aromatic N) is 2. The average Bonchev–Trinajstić information content (AvgIpc) is 2.98. The van der Waals surface area contributed by atoms with Gasteiger partial charge in [0.15, 0.2) is 0 Å². The average molecular weight is 364 g/mol. The fourth-order valence-electron chi connectivity index (χ4n) is 4.18. The second kappa shape index (κ2) is 7.14. The molecule has 0 unspecified atom stereocenters. The minimum atomic E-state index is -2.76. The Morgan fingerprint density at radius 1 is 1.04 bits per heavy atom. The highest BCUT2D eigenvalue weighted by Crippen LogP contribution is 2.32. The molecule has 0 spiro atoms. The normalized spacial score (nSPS) is 28.6. The van der Waals surface area contributed by atoms with Crippen LogP contribution < -0.4 is 4.74 Å². The van der Waals surface area contributed by atoms with Crippen molar-refractivity contribution in [2.24, 2.45) is 0 Å². The molecule has 1 aliphatic carbocycles. The van der Waals surface area contributed by atoms with Crippen LogP contribution in [-0.4, -0.2) is 60.0 Å². The number of benzene rings is 1. The number of alkyl halides is 2. The van der Waals surface area contributed by atoms with Crippen molar-refractivity contribution in [3.05, 3.63) is 29.8 Å². The van der Waals surface area contributed by atoms with Gasteiger partial charge in [-0.25, -0.2) is 8.78 Å². The van der Waals surface area contributed by atoms with E-state index in [0.29, 0.717) is 11.6 Å². The molecule has 0 atom stereocenters. The lowest BCUT2D eigenvalue weighted by molar-refractivity contribution is 0.00883. The molecular formula is C20H26F2N2O2. The summed E-state index contributed by atoms with van der Waals surface area (Å²) in [5, 5.41) is 0. The number of hydrogen-bond donors (Lipinski definition) is 0. The van der Waals surface area contributed by atoms with E-state index in [1.54, 1.807) is 24.3 Å². The first kappa shape index (κ1) is 17.7. The zero-order chi connectivity index (χ0) is 18.1. The SMILES string of the molecule is O=C(c1ccc(O[C@H]2C[C@H](N3CCCCC3)C2)cc1)N1CCC(F)(F)C1. The minimum absolute atomic E-state index is 0.115. The van der Waals surface area contributed by atoms with Gasteiger partial charge in [0.25, 0.3) is 11.8 Å². The van der Waals surface area contributed by atoms with Gasteiger partial charge in [0.05, 0.1) is 6.54 Å². The lowest BCUT2D eigenvalue weighted by atomic mass is 9.86. The number of amides is 1. The maximum atomic E-state index is 13.3. The highest BCUT2D eigenvalue weighted by atomic mass is 19.3. The zero-order valence-corrected chi connectivity index (χ0v) is 15.0. The lowest BCUT2D eigenvalue weighted by Gasteiger charge is -2.44.